The van der Waals surface area contributed by atoms with Gasteiger partial charge in [-0.25, -0.2) is 4.79 Å². The Morgan fingerprint density at radius 2 is 2.03 bits per heavy atom. The second kappa shape index (κ2) is 9.36. The maximum absolute atomic E-state index is 12.2. The Bertz CT molecular complexity index is 898. The van der Waals surface area contributed by atoms with E-state index in [2.05, 4.69) is 5.32 Å². The predicted molar refractivity (Wildman–Crippen MR) is 119 cm³/mol. The minimum absolute atomic E-state index is 0.310. The molecule has 0 spiro atoms. The summed E-state index contributed by atoms with van der Waals surface area (Å²) in [6.45, 7) is 5.30. The minimum Gasteiger partial charge on any atom is -0.490 e. The number of fused-ring (bicyclic) bond motifs is 1. The highest BCUT2D eigenvalue weighted by Gasteiger charge is 2.32. The van der Waals surface area contributed by atoms with Crippen molar-refractivity contribution in [2.24, 2.45) is 0 Å². The third-order valence-electron chi connectivity index (χ3n) is 6.04. The standard InChI is InChI=1S/C22H29ClN4O4/c1-14-11-20-19(12-17(14)23)27(7-10-31-20)21(24)16-13-26(22(28)29-2)6-3-18(16)25-15-4-8-30-9-5-15/h11-12,15,24-25H,3-10,13H2,1-2H3. The highest BCUT2D eigenvalue weighted by molar-refractivity contribution is 6.32. The Balaban J connectivity index is 1.66. The van der Waals surface area contributed by atoms with E-state index in [4.69, 9.17) is 31.2 Å². The van der Waals surface area contributed by atoms with Crippen molar-refractivity contribution in [2.75, 3.05) is 51.5 Å². The first-order valence-corrected chi connectivity index (χ1v) is 11.0. The second-order valence-electron chi connectivity index (χ2n) is 8.05. The first kappa shape index (κ1) is 21.8. The number of nitrogens with zero attached hydrogens (tertiary/aromatic N) is 2. The molecule has 3 aliphatic heterocycles. The average molecular weight is 449 g/mol. The molecule has 1 saturated heterocycles. The van der Waals surface area contributed by atoms with Crippen LogP contribution in [-0.4, -0.2) is 69.4 Å². The zero-order valence-electron chi connectivity index (χ0n) is 18.0. The van der Waals surface area contributed by atoms with Crippen molar-refractivity contribution in [3.8, 4) is 5.75 Å². The maximum Gasteiger partial charge on any atom is 0.409 e. The highest BCUT2D eigenvalue weighted by Crippen LogP contribution is 2.37. The number of rotatable bonds is 3. The molecular formula is C22H29ClN4O4. The molecule has 2 N–H and O–H groups in total. The molecule has 8 nitrogen and oxygen atoms in total. The van der Waals surface area contributed by atoms with E-state index in [9.17, 15) is 4.79 Å². The summed E-state index contributed by atoms with van der Waals surface area (Å²) in [6, 6.07) is 4.08. The molecule has 3 aliphatic rings. The van der Waals surface area contributed by atoms with Gasteiger partial charge in [-0.3, -0.25) is 5.41 Å². The van der Waals surface area contributed by atoms with Crippen molar-refractivity contribution in [1.82, 2.24) is 10.2 Å². The van der Waals surface area contributed by atoms with Gasteiger partial charge in [0.2, 0.25) is 0 Å². The Morgan fingerprint density at radius 3 is 2.77 bits per heavy atom. The lowest BCUT2D eigenvalue weighted by molar-refractivity contribution is 0.0796. The Kier molecular flexibility index (Phi) is 6.57. The molecule has 3 heterocycles. The van der Waals surface area contributed by atoms with Gasteiger partial charge in [0.05, 0.1) is 25.9 Å². The summed E-state index contributed by atoms with van der Waals surface area (Å²) in [4.78, 5) is 15.8. The summed E-state index contributed by atoms with van der Waals surface area (Å²) in [7, 11) is 1.38. The molecule has 168 valence electrons. The van der Waals surface area contributed by atoms with E-state index < -0.39 is 0 Å². The summed E-state index contributed by atoms with van der Waals surface area (Å²) < 4.78 is 16.2. The highest BCUT2D eigenvalue weighted by atomic mass is 35.5. The van der Waals surface area contributed by atoms with Crippen molar-refractivity contribution >= 4 is 29.2 Å². The summed E-state index contributed by atoms with van der Waals surface area (Å²) in [5.41, 5.74) is 3.53. The smallest absolute Gasteiger partial charge is 0.409 e. The molecular weight excluding hydrogens is 420 g/mol. The number of nitrogens with one attached hydrogen (secondary N) is 2. The number of methoxy groups -OCH3 is 1. The van der Waals surface area contributed by atoms with E-state index in [0.717, 1.165) is 54.3 Å². The van der Waals surface area contributed by atoms with E-state index in [1.54, 1.807) is 4.90 Å². The van der Waals surface area contributed by atoms with E-state index in [0.29, 0.717) is 49.6 Å². The van der Waals surface area contributed by atoms with Crippen LogP contribution in [0, 0.1) is 12.3 Å². The Labute approximate surface area is 187 Å². The van der Waals surface area contributed by atoms with Gasteiger partial charge in [-0.15, -0.1) is 0 Å². The van der Waals surface area contributed by atoms with Gasteiger partial charge in [0.15, 0.2) is 0 Å². The summed E-state index contributed by atoms with van der Waals surface area (Å²) >= 11 is 6.38. The number of anilines is 1. The fourth-order valence-corrected chi connectivity index (χ4v) is 4.40. The predicted octanol–water partition coefficient (Wildman–Crippen LogP) is 3.32. The number of hydrogen-bond donors (Lipinski definition) is 2. The first-order valence-electron chi connectivity index (χ1n) is 10.7. The molecule has 1 fully saturated rings. The molecule has 1 amide bonds. The van der Waals surface area contributed by atoms with E-state index >= 15 is 0 Å². The van der Waals surface area contributed by atoms with Gasteiger partial charge < -0.3 is 29.3 Å². The van der Waals surface area contributed by atoms with Crippen molar-refractivity contribution < 1.29 is 19.0 Å². The Morgan fingerprint density at radius 1 is 1.26 bits per heavy atom. The number of amides is 1. The third kappa shape index (κ3) is 4.60. The fraction of sp³-hybridized carbons (Fsp3) is 0.545. The molecule has 0 aromatic heterocycles. The second-order valence-corrected chi connectivity index (χ2v) is 8.45. The van der Waals surface area contributed by atoms with Gasteiger partial charge in [-0.2, -0.15) is 0 Å². The van der Waals surface area contributed by atoms with E-state index in [-0.39, 0.29) is 6.09 Å². The number of carbonyl (C=O) groups excluding carboxylic acids is 1. The lowest BCUT2D eigenvalue weighted by Crippen LogP contribution is -2.47. The van der Waals surface area contributed by atoms with Gasteiger partial charge in [-0.1, -0.05) is 11.6 Å². The van der Waals surface area contributed by atoms with Crippen molar-refractivity contribution in [3.05, 3.63) is 34.0 Å². The van der Waals surface area contributed by atoms with Crippen LogP contribution < -0.4 is 15.0 Å². The quantitative estimate of drug-likeness (QED) is 0.545. The van der Waals surface area contributed by atoms with Crippen LogP contribution in [0.5, 0.6) is 5.75 Å². The molecule has 31 heavy (non-hydrogen) atoms. The van der Waals surface area contributed by atoms with Crippen molar-refractivity contribution in [1.29, 1.82) is 5.41 Å². The van der Waals surface area contributed by atoms with Gasteiger partial charge in [0, 0.05) is 48.5 Å². The number of benzene rings is 1. The lowest BCUT2D eigenvalue weighted by atomic mass is 10.0. The number of carbonyl (C=O) groups is 1. The minimum atomic E-state index is -0.378. The molecule has 0 unspecified atom stereocenters. The van der Waals surface area contributed by atoms with E-state index in [1.165, 1.54) is 7.11 Å². The third-order valence-corrected chi connectivity index (χ3v) is 6.44. The molecule has 0 saturated carbocycles. The van der Waals surface area contributed by atoms with Crippen LogP contribution in [0.4, 0.5) is 10.5 Å². The number of hydrogen-bond acceptors (Lipinski definition) is 6. The van der Waals surface area contributed by atoms with Gasteiger partial charge in [0.1, 0.15) is 18.2 Å². The van der Waals surface area contributed by atoms with Gasteiger partial charge >= 0.3 is 6.09 Å². The Hall–Kier alpha value is -2.45. The molecule has 1 aromatic rings. The topological polar surface area (TPSA) is 87.1 Å². The van der Waals surface area contributed by atoms with Crippen LogP contribution in [0.15, 0.2) is 23.4 Å². The molecule has 0 aliphatic carbocycles. The number of aryl methyl sites for hydroxylation is 1. The molecule has 1 aromatic carbocycles. The maximum atomic E-state index is 12.2. The van der Waals surface area contributed by atoms with Crippen LogP contribution in [0.1, 0.15) is 24.8 Å². The van der Waals surface area contributed by atoms with Crippen molar-refractivity contribution in [2.45, 2.75) is 32.2 Å². The normalized spacial score (nSPS) is 19.6. The largest absolute Gasteiger partial charge is 0.490 e. The summed E-state index contributed by atoms with van der Waals surface area (Å²) in [5, 5.41) is 13.4. The number of halogens is 1. The number of ether oxygens (including phenoxy) is 3. The summed E-state index contributed by atoms with van der Waals surface area (Å²) in [5.74, 6) is 1.07. The molecule has 0 atom stereocenters. The molecule has 0 radical (unpaired) electrons. The van der Waals surface area contributed by atoms with Crippen LogP contribution in [0.2, 0.25) is 5.02 Å². The summed E-state index contributed by atoms with van der Waals surface area (Å²) in [6.07, 6.45) is 2.13. The first-order chi connectivity index (χ1) is 15.0. The van der Waals surface area contributed by atoms with Crippen molar-refractivity contribution in [3.63, 3.8) is 0 Å². The molecule has 4 rings (SSSR count). The average Bonchev–Trinajstić information content (AvgIpc) is 2.79. The monoisotopic (exact) mass is 448 g/mol. The zero-order valence-corrected chi connectivity index (χ0v) is 18.8. The van der Waals surface area contributed by atoms with Crippen LogP contribution >= 0.6 is 11.6 Å². The van der Waals surface area contributed by atoms with Crippen LogP contribution in [0.25, 0.3) is 0 Å². The number of amidine groups is 1. The SMILES string of the molecule is COC(=O)N1CCC(NC2CCOCC2)=C(C(=N)N2CCOc3cc(C)c(Cl)cc32)C1. The molecule has 0 bridgehead atoms. The van der Waals surface area contributed by atoms with Crippen LogP contribution in [0.3, 0.4) is 0 Å². The fourth-order valence-electron chi connectivity index (χ4n) is 4.25. The zero-order chi connectivity index (χ0) is 22.0. The lowest BCUT2D eigenvalue weighted by Gasteiger charge is -2.37. The van der Waals surface area contributed by atoms with E-state index in [1.807, 2.05) is 24.0 Å². The van der Waals surface area contributed by atoms with Gasteiger partial charge in [-0.05, 0) is 37.5 Å². The van der Waals surface area contributed by atoms with Crippen LogP contribution in [-0.2, 0) is 9.47 Å². The van der Waals surface area contributed by atoms with Gasteiger partial charge in [0.25, 0.3) is 0 Å². The molecule has 9 heteroatoms.